The topological polar surface area (TPSA) is 61.8 Å². The smallest absolute Gasteiger partial charge is 0.254 e. The Hall–Kier alpha value is -1.75. The average molecular weight is 250 g/mol. The van der Waals surface area contributed by atoms with Crippen molar-refractivity contribution in [1.29, 1.82) is 0 Å². The lowest BCUT2D eigenvalue weighted by atomic mass is 10.1. The highest BCUT2D eigenvalue weighted by Gasteiger charge is 2.24. The van der Waals surface area contributed by atoms with Crippen LogP contribution in [0.4, 0.5) is 0 Å². The highest BCUT2D eigenvalue weighted by Crippen LogP contribution is 2.27. The van der Waals surface area contributed by atoms with Gasteiger partial charge in [-0.15, -0.1) is 0 Å². The van der Waals surface area contributed by atoms with Gasteiger partial charge in [-0.1, -0.05) is 0 Å². The summed E-state index contributed by atoms with van der Waals surface area (Å²) in [5.74, 6) is 0.313. The number of rotatable bonds is 2. The number of amides is 1. The summed E-state index contributed by atoms with van der Waals surface area (Å²) in [6.45, 7) is 4.30. The Morgan fingerprint density at radius 2 is 2.33 bits per heavy atom. The summed E-state index contributed by atoms with van der Waals surface area (Å²) in [4.78, 5) is 14.1. The third-order valence-electron chi connectivity index (χ3n) is 3.19. The first-order chi connectivity index (χ1) is 8.63. The molecular weight excluding hydrogens is 232 g/mol. The molecule has 0 saturated carbocycles. The summed E-state index contributed by atoms with van der Waals surface area (Å²) in [7, 11) is 1.48. The Labute approximate surface area is 106 Å². The van der Waals surface area contributed by atoms with Gasteiger partial charge in [-0.2, -0.15) is 0 Å². The van der Waals surface area contributed by atoms with E-state index in [1.54, 1.807) is 12.1 Å². The highest BCUT2D eigenvalue weighted by molar-refractivity contribution is 5.95. The van der Waals surface area contributed by atoms with Crippen molar-refractivity contribution in [3.63, 3.8) is 0 Å². The Morgan fingerprint density at radius 3 is 2.94 bits per heavy atom. The second kappa shape index (κ2) is 5.27. The zero-order chi connectivity index (χ0) is 13.1. The van der Waals surface area contributed by atoms with E-state index in [1.807, 2.05) is 11.8 Å². The molecule has 1 amide bonds. The van der Waals surface area contributed by atoms with Crippen LogP contribution in [-0.4, -0.2) is 48.7 Å². The summed E-state index contributed by atoms with van der Waals surface area (Å²) in [6, 6.07) is 4.90. The van der Waals surface area contributed by atoms with Crippen LogP contribution in [0.15, 0.2) is 18.2 Å². The number of hydrogen-bond acceptors (Lipinski definition) is 4. The van der Waals surface area contributed by atoms with Crippen LogP contribution in [0.5, 0.6) is 11.5 Å². The number of methoxy groups -OCH3 is 1. The predicted molar refractivity (Wildman–Crippen MR) is 68.0 cm³/mol. The highest BCUT2D eigenvalue weighted by atomic mass is 16.5. The number of nitrogens with zero attached hydrogens (tertiary/aromatic N) is 1. The SMILES string of the molecule is COc1ccc(C(=O)N2CCNCC2C)cc1O. The Kier molecular flexibility index (Phi) is 3.72. The molecule has 0 spiro atoms. The van der Waals surface area contributed by atoms with Gasteiger partial charge < -0.3 is 20.1 Å². The summed E-state index contributed by atoms with van der Waals surface area (Å²) in [5, 5.41) is 12.9. The molecule has 1 aliphatic heterocycles. The fraction of sp³-hybridized carbons (Fsp3) is 0.462. The van der Waals surface area contributed by atoms with E-state index in [0.29, 0.717) is 17.9 Å². The molecule has 5 heteroatoms. The molecule has 1 aromatic carbocycles. The monoisotopic (exact) mass is 250 g/mol. The number of hydrogen-bond donors (Lipinski definition) is 2. The van der Waals surface area contributed by atoms with Crippen molar-refractivity contribution in [3.8, 4) is 11.5 Å². The minimum Gasteiger partial charge on any atom is -0.504 e. The van der Waals surface area contributed by atoms with Gasteiger partial charge in [-0.25, -0.2) is 0 Å². The van der Waals surface area contributed by atoms with E-state index in [9.17, 15) is 9.90 Å². The molecule has 1 aromatic rings. The number of phenolic OH excluding ortho intramolecular Hbond substituents is 1. The Bertz CT molecular complexity index is 448. The molecule has 2 N–H and O–H groups in total. The first-order valence-electron chi connectivity index (χ1n) is 6.02. The lowest BCUT2D eigenvalue weighted by Crippen LogP contribution is -2.52. The van der Waals surface area contributed by atoms with E-state index in [1.165, 1.54) is 13.2 Å². The number of nitrogens with one attached hydrogen (secondary N) is 1. The first kappa shape index (κ1) is 12.7. The molecule has 0 aromatic heterocycles. The number of piperazine rings is 1. The van der Waals surface area contributed by atoms with Crippen molar-refractivity contribution in [2.45, 2.75) is 13.0 Å². The van der Waals surface area contributed by atoms with E-state index in [4.69, 9.17) is 4.74 Å². The number of phenols is 1. The Balaban J connectivity index is 2.20. The van der Waals surface area contributed by atoms with E-state index >= 15 is 0 Å². The van der Waals surface area contributed by atoms with Gasteiger partial charge in [0.1, 0.15) is 0 Å². The summed E-state index contributed by atoms with van der Waals surface area (Å²) in [5.41, 5.74) is 0.488. The fourth-order valence-corrected chi connectivity index (χ4v) is 2.13. The van der Waals surface area contributed by atoms with E-state index in [-0.39, 0.29) is 17.7 Å². The normalized spacial score (nSPS) is 19.7. The van der Waals surface area contributed by atoms with Gasteiger partial charge >= 0.3 is 0 Å². The van der Waals surface area contributed by atoms with E-state index in [2.05, 4.69) is 5.32 Å². The maximum atomic E-state index is 12.3. The summed E-state index contributed by atoms with van der Waals surface area (Å²) >= 11 is 0. The van der Waals surface area contributed by atoms with Gasteiger partial charge in [0.2, 0.25) is 0 Å². The molecule has 0 radical (unpaired) electrons. The number of benzene rings is 1. The average Bonchev–Trinajstić information content (AvgIpc) is 2.38. The van der Waals surface area contributed by atoms with Gasteiger partial charge in [0.15, 0.2) is 11.5 Å². The molecule has 1 unspecified atom stereocenters. The van der Waals surface area contributed by atoms with Crippen molar-refractivity contribution in [1.82, 2.24) is 10.2 Å². The molecule has 2 rings (SSSR count). The molecule has 0 bridgehead atoms. The van der Waals surface area contributed by atoms with Gasteiger partial charge in [0.25, 0.3) is 5.91 Å². The van der Waals surface area contributed by atoms with Crippen LogP contribution in [0.2, 0.25) is 0 Å². The predicted octanol–water partition coefficient (Wildman–Crippen LogP) is 0.835. The van der Waals surface area contributed by atoms with Gasteiger partial charge in [-0.3, -0.25) is 4.79 Å². The van der Waals surface area contributed by atoms with Crippen LogP contribution >= 0.6 is 0 Å². The maximum Gasteiger partial charge on any atom is 0.254 e. The van der Waals surface area contributed by atoms with Gasteiger partial charge in [-0.05, 0) is 25.1 Å². The molecule has 18 heavy (non-hydrogen) atoms. The maximum absolute atomic E-state index is 12.3. The minimum absolute atomic E-state index is 0.00821. The van der Waals surface area contributed by atoms with Crippen LogP contribution < -0.4 is 10.1 Å². The molecular formula is C13H18N2O3. The van der Waals surface area contributed by atoms with Crippen molar-refractivity contribution >= 4 is 5.91 Å². The lowest BCUT2D eigenvalue weighted by Gasteiger charge is -2.34. The standard InChI is InChI=1S/C13H18N2O3/c1-9-8-14-5-6-15(9)13(17)10-3-4-12(18-2)11(16)7-10/h3-4,7,9,14,16H,5-6,8H2,1-2H3. The van der Waals surface area contributed by atoms with Gasteiger partial charge in [0, 0.05) is 31.2 Å². The molecule has 1 saturated heterocycles. The van der Waals surface area contributed by atoms with Crippen molar-refractivity contribution in [2.24, 2.45) is 0 Å². The molecule has 0 aliphatic carbocycles. The van der Waals surface area contributed by atoms with Crippen LogP contribution in [0, 0.1) is 0 Å². The molecule has 1 fully saturated rings. The quantitative estimate of drug-likeness (QED) is 0.816. The molecule has 1 atom stereocenters. The van der Waals surface area contributed by atoms with Crippen LogP contribution in [0.3, 0.4) is 0 Å². The zero-order valence-corrected chi connectivity index (χ0v) is 10.6. The van der Waals surface area contributed by atoms with Crippen molar-refractivity contribution in [2.75, 3.05) is 26.7 Å². The van der Waals surface area contributed by atoms with Crippen LogP contribution in [0.1, 0.15) is 17.3 Å². The van der Waals surface area contributed by atoms with Crippen molar-refractivity contribution < 1.29 is 14.6 Å². The zero-order valence-electron chi connectivity index (χ0n) is 10.6. The van der Waals surface area contributed by atoms with Crippen LogP contribution in [0.25, 0.3) is 0 Å². The van der Waals surface area contributed by atoms with Gasteiger partial charge in [0.05, 0.1) is 7.11 Å². The third-order valence-corrected chi connectivity index (χ3v) is 3.19. The first-order valence-corrected chi connectivity index (χ1v) is 6.02. The molecule has 98 valence electrons. The third kappa shape index (κ3) is 2.41. The lowest BCUT2D eigenvalue weighted by molar-refractivity contribution is 0.0655. The van der Waals surface area contributed by atoms with Crippen molar-refractivity contribution in [3.05, 3.63) is 23.8 Å². The fourth-order valence-electron chi connectivity index (χ4n) is 2.13. The number of carbonyl (C=O) groups excluding carboxylic acids is 1. The van der Waals surface area contributed by atoms with Crippen LogP contribution in [-0.2, 0) is 0 Å². The summed E-state index contributed by atoms with van der Waals surface area (Å²) < 4.78 is 4.96. The number of carbonyl (C=O) groups is 1. The number of aromatic hydroxyl groups is 1. The molecule has 1 heterocycles. The second-order valence-electron chi connectivity index (χ2n) is 4.44. The second-order valence-corrected chi connectivity index (χ2v) is 4.44. The largest absolute Gasteiger partial charge is 0.504 e. The molecule has 1 aliphatic rings. The summed E-state index contributed by atoms with van der Waals surface area (Å²) in [6.07, 6.45) is 0. The van der Waals surface area contributed by atoms with E-state index in [0.717, 1.165) is 13.1 Å². The number of ether oxygens (including phenoxy) is 1. The minimum atomic E-state index is -0.0537. The van der Waals surface area contributed by atoms with E-state index < -0.39 is 0 Å². The molecule has 5 nitrogen and oxygen atoms in total. The Morgan fingerprint density at radius 1 is 1.56 bits per heavy atom.